The molecule has 25 heavy (non-hydrogen) atoms. The van der Waals surface area contributed by atoms with E-state index in [4.69, 9.17) is 0 Å². The Hall–Kier alpha value is -2.45. The van der Waals surface area contributed by atoms with Crippen LogP contribution in [0.15, 0.2) is 41.3 Å². The summed E-state index contributed by atoms with van der Waals surface area (Å²) < 4.78 is 27.6. The Balaban J connectivity index is 1.80. The Morgan fingerprint density at radius 3 is 2.44 bits per heavy atom. The van der Waals surface area contributed by atoms with Gasteiger partial charge in [-0.2, -0.15) is 0 Å². The summed E-state index contributed by atoms with van der Waals surface area (Å²) in [6.07, 6.45) is 0. The first kappa shape index (κ1) is 17.4. The summed E-state index contributed by atoms with van der Waals surface area (Å²) in [5, 5.41) is 2.84. The van der Waals surface area contributed by atoms with Crippen LogP contribution < -0.4 is 10.0 Å². The Morgan fingerprint density at radius 1 is 1.04 bits per heavy atom. The zero-order valence-corrected chi connectivity index (χ0v) is 15.6. The fourth-order valence-electron chi connectivity index (χ4n) is 2.39. The molecule has 3 aromatic rings. The highest BCUT2D eigenvalue weighted by Gasteiger charge is 2.20. The lowest BCUT2D eigenvalue weighted by Crippen LogP contribution is -2.34. The van der Waals surface area contributed by atoms with Crippen molar-refractivity contribution in [1.29, 1.82) is 0 Å². The van der Waals surface area contributed by atoms with Crippen molar-refractivity contribution in [3.8, 4) is 0 Å². The zero-order valence-electron chi connectivity index (χ0n) is 14.0. The van der Waals surface area contributed by atoms with E-state index in [1.165, 1.54) is 17.4 Å². The summed E-state index contributed by atoms with van der Waals surface area (Å²) in [4.78, 5) is 16.5. The van der Waals surface area contributed by atoms with Crippen molar-refractivity contribution in [2.45, 2.75) is 25.7 Å². The van der Waals surface area contributed by atoms with Crippen LogP contribution in [0.4, 0.5) is 9.93 Å². The van der Waals surface area contributed by atoms with E-state index < -0.39 is 16.1 Å². The molecule has 2 N–H and O–H groups in total. The van der Waals surface area contributed by atoms with Crippen LogP contribution in [0, 0.1) is 20.8 Å². The van der Waals surface area contributed by atoms with E-state index >= 15 is 0 Å². The molecule has 0 saturated heterocycles. The number of rotatable bonds is 3. The molecule has 0 unspecified atom stereocenters. The first-order valence-corrected chi connectivity index (χ1v) is 9.83. The number of sulfonamides is 1. The first-order valence-electron chi connectivity index (χ1n) is 7.53. The lowest BCUT2D eigenvalue weighted by atomic mass is 10.1. The van der Waals surface area contributed by atoms with E-state index in [1.807, 2.05) is 30.7 Å². The second-order valence-electron chi connectivity index (χ2n) is 5.75. The van der Waals surface area contributed by atoms with Crippen molar-refractivity contribution in [1.82, 2.24) is 9.71 Å². The normalized spacial score (nSPS) is 11.5. The van der Waals surface area contributed by atoms with Crippen LogP contribution in [0.25, 0.3) is 10.2 Å². The number of urea groups is 1. The van der Waals surface area contributed by atoms with Gasteiger partial charge in [0.2, 0.25) is 0 Å². The molecule has 2 aromatic carbocycles. The third-order valence-corrected chi connectivity index (χ3v) is 6.26. The third-order valence-electron chi connectivity index (χ3n) is 3.83. The molecule has 0 fully saturated rings. The van der Waals surface area contributed by atoms with Gasteiger partial charge >= 0.3 is 6.03 Å². The van der Waals surface area contributed by atoms with Crippen molar-refractivity contribution in [3.05, 3.63) is 53.1 Å². The Labute approximate surface area is 150 Å². The van der Waals surface area contributed by atoms with Crippen molar-refractivity contribution in [2.24, 2.45) is 0 Å². The highest BCUT2D eigenvalue weighted by molar-refractivity contribution is 7.90. The molecule has 0 bridgehead atoms. The summed E-state index contributed by atoms with van der Waals surface area (Å²) in [7, 11) is -3.94. The highest BCUT2D eigenvalue weighted by Crippen LogP contribution is 2.28. The fourth-order valence-corrected chi connectivity index (χ4v) is 4.49. The predicted octanol–water partition coefficient (Wildman–Crippen LogP) is 3.73. The molecule has 130 valence electrons. The summed E-state index contributed by atoms with van der Waals surface area (Å²) in [5.74, 6) is 0. The number of hydrogen-bond donors (Lipinski definition) is 2. The van der Waals surface area contributed by atoms with Crippen LogP contribution in [0.3, 0.4) is 0 Å². The van der Waals surface area contributed by atoms with Crippen molar-refractivity contribution in [3.63, 3.8) is 0 Å². The van der Waals surface area contributed by atoms with E-state index in [9.17, 15) is 13.2 Å². The largest absolute Gasteiger partial charge is 0.334 e. The number of nitrogens with zero attached hydrogens (tertiary/aromatic N) is 1. The van der Waals surface area contributed by atoms with Gasteiger partial charge in [0.25, 0.3) is 10.0 Å². The van der Waals surface area contributed by atoms with E-state index in [-0.39, 0.29) is 4.90 Å². The van der Waals surface area contributed by atoms with Crippen LogP contribution in [0.1, 0.15) is 16.7 Å². The monoisotopic (exact) mass is 375 g/mol. The van der Waals surface area contributed by atoms with Gasteiger partial charge in [-0.25, -0.2) is 22.9 Å². The minimum absolute atomic E-state index is 0.0701. The van der Waals surface area contributed by atoms with Gasteiger partial charge in [-0.1, -0.05) is 29.5 Å². The molecule has 0 spiro atoms. The quantitative estimate of drug-likeness (QED) is 0.730. The van der Waals surface area contributed by atoms with Crippen molar-refractivity contribution >= 4 is 42.7 Å². The summed E-state index contributed by atoms with van der Waals surface area (Å²) in [6, 6.07) is 9.57. The number of benzene rings is 2. The summed E-state index contributed by atoms with van der Waals surface area (Å²) in [6.45, 7) is 5.66. The van der Waals surface area contributed by atoms with E-state index in [1.54, 1.807) is 25.1 Å². The molecule has 0 saturated carbocycles. The number of aromatic nitrogens is 1. The Morgan fingerprint density at radius 2 is 1.72 bits per heavy atom. The Bertz CT molecular complexity index is 1030. The smallest absolute Gasteiger partial charge is 0.283 e. The predicted molar refractivity (Wildman–Crippen MR) is 99.6 cm³/mol. The van der Waals surface area contributed by atoms with Crippen LogP contribution in [-0.2, 0) is 10.0 Å². The first-order chi connectivity index (χ1) is 11.8. The standard InChI is InChI=1S/C17H17N3O3S2/c1-10-6-4-5-7-15(10)25(22,23)20-16(21)19-17-18-13-8-11(2)12(3)9-14(13)24-17/h4-9H,1-3H3,(H2,18,19,20,21). The molecular formula is C17H17N3O3S2. The molecule has 8 heteroatoms. The number of nitrogens with one attached hydrogen (secondary N) is 2. The van der Waals surface area contributed by atoms with Gasteiger partial charge in [0.05, 0.1) is 15.1 Å². The molecule has 6 nitrogen and oxygen atoms in total. The minimum Gasteiger partial charge on any atom is -0.283 e. The molecule has 1 heterocycles. The number of amides is 2. The van der Waals surface area contributed by atoms with Gasteiger partial charge in [0, 0.05) is 0 Å². The van der Waals surface area contributed by atoms with Crippen molar-refractivity contribution < 1.29 is 13.2 Å². The highest BCUT2D eigenvalue weighted by atomic mass is 32.2. The maximum Gasteiger partial charge on any atom is 0.334 e. The van der Waals surface area contributed by atoms with Gasteiger partial charge in [-0.15, -0.1) is 0 Å². The van der Waals surface area contributed by atoms with Gasteiger partial charge < -0.3 is 0 Å². The van der Waals surface area contributed by atoms with Gasteiger partial charge in [0.15, 0.2) is 5.13 Å². The number of fused-ring (bicyclic) bond motifs is 1. The number of carbonyl (C=O) groups excluding carboxylic acids is 1. The molecule has 1 aromatic heterocycles. The maximum absolute atomic E-state index is 12.3. The van der Waals surface area contributed by atoms with Crippen LogP contribution in [0.5, 0.6) is 0 Å². The van der Waals surface area contributed by atoms with Gasteiger partial charge in [-0.3, -0.25) is 5.32 Å². The third kappa shape index (κ3) is 3.64. The number of carbonyl (C=O) groups is 1. The number of aryl methyl sites for hydroxylation is 3. The van der Waals surface area contributed by atoms with E-state index in [0.717, 1.165) is 21.3 Å². The maximum atomic E-state index is 12.3. The molecule has 3 rings (SSSR count). The molecule has 0 aliphatic rings. The second kappa shape index (κ2) is 6.45. The summed E-state index contributed by atoms with van der Waals surface area (Å²) >= 11 is 1.30. The van der Waals surface area contributed by atoms with Crippen LogP contribution in [0.2, 0.25) is 0 Å². The average Bonchev–Trinajstić information content (AvgIpc) is 2.88. The van der Waals surface area contributed by atoms with E-state index in [0.29, 0.717) is 10.7 Å². The average molecular weight is 375 g/mol. The molecule has 0 aliphatic carbocycles. The van der Waals surface area contributed by atoms with Crippen LogP contribution in [-0.4, -0.2) is 19.4 Å². The summed E-state index contributed by atoms with van der Waals surface area (Å²) in [5.41, 5.74) is 3.57. The molecule has 2 amide bonds. The fraction of sp³-hybridized carbons (Fsp3) is 0.176. The van der Waals surface area contributed by atoms with Crippen LogP contribution >= 0.6 is 11.3 Å². The molecule has 0 aliphatic heterocycles. The van der Waals surface area contributed by atoms with Gasteiger partial charge in [-0.05, 0) is 55.7 Å². The molecule has 0 atom stereocenters. The molecular weight excluding hydrogens is 358 g/mol. The lowest BCUT2D eigenvalue weighted by molar-refractivity contribution is 0.256. The topological polar surface area (TPSA) is 88.2 Å². The number of anilines is 1. The SMILES string of the molecule is Cc1cc2nc(NC(=O)NS(=O)(=O)c3ccccc3C)sc2cc1C. The number of hydrogen-bond acceptors (Lipinski definition) is 5. The Kier molecular flexibility index (Phi) is 4.49. The molecule has 0 radical (unpaired) electrons. The number of thiazole rings is 1. The zero-order chi connectivity index (χ0) is 18.2. The van der Waals surface area contributed by atoms with Gasteiger partial charge in [0.1, 0.15) is 0 Å². The van der Waals surface area contributed by atoms with E-state index in [2.05, 4.69) is 10.3 Å². The lowest BCUT2D eigenvalue weighted by Gasteiger charge is -2.08. The minimum atomic E-state index is -3.94. The second-order valence-corrected chi connectivity index (χ2v) is 8.43. The van der Waals surface area contributed by atoms with Crippen molar-refractivity contribution in [2.75, 3.05) is 5.32 Å².